The lowest BCUT2D eigenvalue weighted by Crippen LogP contribution is -2.24. The fourth-order valence-electron chi connectivity index (χ4n) is 17.2. The molecule has 134 heavy (non-hydrogen) atoms. The molecule has 1 fully saturated rings. The third kappa shape index (κ3) is 21.1. The van der Waals surface area contributed by atoms with E-state index in [0.717, 1.165) is 192 Å². The Hall–Kier alpha value is -12.8. The normalized spacial score (nSPS) is 15.9. The average molecular weight is 1970 g/mol. The van der Waals surface area contributed by atoms with Gasteiger partial charge in [-0.15, -0.1) is 0 Å². The van der Waals surface area contributed by atoms with Crippen LogP contribution in [0.1, 0.15) is 97.1 Å². The van der Waals surface area contributed by atoms with Gasteiger partial charge < -0.3 is 59.1 Å². The van der Waals surface area contributed by atoms with Gasteiger partial charge in [-0.1, -0.05) is 66.2 Å². The van der Waals surface area contributed by atoms with Crippen LogP contribution in [-0.4, -0.2) is 253 Å². The molecular formula is C96H106BrN15O18S4. The van der Waals surface area contributed by atoms with E-state index in [-0.39, 0.29) is 46.5 Å². The zero-order chi connectivity index (χ0) is 96.1. The van der Waals surface area contributed by atoms with Crippen molar-refractivity contribution in [2.75, 3.05) is 117 Å². The minimum atomic E-state index is -3.86. The van der Waals surface area contributed by atoms with E-state index in [9.17, 15) is 38.5 Å². The van der Waals surface area contributed by atoms with Gasteiger partial charge in [0.1, 0.15) is 10.6 Å². The standard InChI is InChI=1S/C24H26N4O2S.C24H28N4O2S.C23H24N4O3S.C21H20BrN3O3S.4CH2O2/c1-4-19-5-7-21-22(17-9-12-26(2)13-10-17)16-28(24(21)25-19)31(29,30)20-6-8-23-18(15-20)11-14-27(23)3;1-4-19-6-8-21-22(17-9-12-26(2)13-10-17)16-28(24(21)25-19)31(29,30)20-7-5-18-11-14-27(3)23(18)15-20;1-25-13-9-17(10-14-25)20-16-27(21-7-3-11-24-23(20)21)31(29,30)19-6-2-5-18(15-19)26-12-4-8-22(26)28;1-24-8-4-14(5-9-24)17-13-25(18-3-2-7-23-20(17)18)29(26,27)19-12-16(22)11-15-6-10-28-21(15)19;4*2-1-3/h5-9,11,14-16H,4,10,12-13H2,1-3H3;5-9,15-16H,4,10-14H2,1-3H3;2-3,5-7,9,11,15-16H,4,8,10,12-14H2,1H3;2-4,7,11-13H,5-6,8-10H2,1H3;4*1H,(H,2,3). The first kappa shape index (κ1) is 98.7. The number of likely N-dealkylation sites (N-methyl/N-ethyl adjacent to an activating group) is 5. The number of halogens is 1. The quantitative estimate of drug-likeness (QED) is 0.0692. The fourth-order valence-corrected chi connectivity index (χ4v) is 23.5. The van der Waals surface area contributed by atoms with Crippen molar-refractivity contribution in [1.29, 1.82) is 0 Å². The molecule has 13 aromatic rings. The molecule has 7 aliphatic rings. The van der Waals surface area contributed by atoms with E-state index in [1.165, 1.54) is 32.6 Å². The number of carbonyl (C=O) groups is 5. The van der Waals surface area contributed by atoms with Crippen molar-refractivity contribution in [3.8, 4) is 5.75 Å². The predicted octanol–water partition coefficient (Wildman–Crippen LogP) is 13.2. The number of ether oxygens (including phenoxy) is 1. The topological polar surface area (TPSA) is 408 Å². The summed E-state index contributed by atoms with van der Waals surface area (Å²) in [4.78, 5) is 77.7. The summed E-state index contributed by atoms with van der Waals surface area (Å²) in [6.45, 7) is 12.3. The predicted molar refractivity (Wildman–Crippen MR) is 521 cm³/mol. The molecule has 0 saturated carbocycles. The number of carbonyl (C=O) groups excluding carboxylic acids is 1. The highest BCUT2D eigenvalue weighted by Crippen LogP contribution is 2.42. The van der Waals surface area contributed by atoms with Crippen LogP contribution in [0.2, 0.25) is 0 Å². The number of pyridine rings is 4. The number of fused-ring (bicyclic) bond motifs is 7. The van der Waals surface area contributed by atoms with Crippen LogP contribution in [0.5, 0.6) is 5.75 Å². The van der Waals surface area contributed by atoms with Gasteiger partial charge >= 0.3 is 0 Å². The maximum atomic E-state index is 13.8. The summed E-state index contributed by atoms with van der Waals surface area (Å²) in [7, 11) is -3.00. The van der Waals surface area contributed by atoms with E-state index in [2.05, 4.69) is 103 Å². The summed E-state index contributed by atoms with van der Waals surface area (Å²) in [5.74, 6) is 0.487. The lowest BCUT2D eigenvalue weighted by Gasteiger charge is -2.21. The van der Waals surface area contributed by atoms with Crippen molar-refractivity contribution in [3.63, 3.8) is 0 Å². The third-order valence-electron chi connectivity index (χ3n) is 24.3. The fraction of sp³-hybridized carbons (Fsp3) is 0.302. The Bertz CT molecular complexity index is 7220. The monoisotopic (exact) mass is 1960 g/mol. The summed E-state index contributed by atoms with van der Waals surface area (Å²) in [5, 5.41) is 30.2. The van der Waals surface area contributed by atoms with Crippen LogP contribution >= 0.6 is 15.9 Å². The van der Waals surface area contributed by atoms with Crippen LogP contribution in [-0.2, 0) is 96.8 Å². The number of hydrogen-bond acceptors (Lipinski definition) is 23. The SMILES string of the molecule is CCc1ccc2c(C3=CCN(C)CC3)cn(S(=O)(=O)c3ccc4c(c3)N(C)CC4)c2n1.CCc1ccc2c(C3=CCN(C)CC3)cn(S(=O)(=O)c3ccc4c(ccn4C)c3)c2n1.CN1CC=C(c2cn(S(=O)(=O)c3cc(Br)cc4c3OCC4)c3cccnc23)CC1.CN1CC=C(c2cn(S(=O)(=O)c3cccc(N4CCCC4=O)c3)c3cccnc23)CC1.O=CO.O=CO.O=CO.O=CO. The summed E-state index contributed by atoms with van der Waals surface area (Å²) < 4.78 is 124. The largest absolute Gasteiger partial charge is 0.492 e. The van der Waals surface area contributed by atoms with Gasteiger partial charge in [0.2, 0.25) is 5.91 Å². The van der Waals surface area contributed by atoms with E-state index in [1.54, 1.807) is 115 Å². The number of rotatable bonds is 15. The van der Waals surface area contributed by atoms with Gasteiger partial charge in [-0.3, -0.25) is 33.9 Å². The third-order valence-corrected chi connectivity index (χ3v) is 31.4. The minimum absolute atomic E-state index is 0.0293. The van der Waals surface area contributed by atoms with Gasteiger partial charge in [0.25, 0.3) is 66.0 Å². The molecule has 0 bridgehead atoms. The van der Waals surface area contributed by atoms with Crippen LogP contribution in [0.25, 0.3) is 77.3 Å². The van der Waals surface area contributed by atoms with Crippen molar-refractivity contribution in [2.24, 2.45) is 7.05 Å². The van der Waals surface area contributed by atoms with Crippen molar-refractivity contribution >= 4 is 177 Å². The van der Waals surface area contributed by atoms with Gasteiger partial charge in [0.15, 0.2) is 11.3 Å². The minimum Gasteiger partial charge on any atom is -0.492 e. The molecular weight excluding hydrogens is 1860 g/mol. The lowest BCUT2D eigenvalue weighted by molar-refractivity contribution is -0.123. The zero-order valence-corrected chi connectivity index (χ0v) is 80.2. The van der Waals surface area contributed by atoms with Crippen LogP contribution < -0.4 is 14.5 Å². The first-order chi connectivity index (χ1) is 64.3. The molecule has 0 aliphatic carbocycles. The molecule has 0 atom stereocenters. The van der Waals surface area contributed by atoms with Gasteiger partial charge in [-0.25, -0.2) is 59.5 Å². The molecule has 1 amide bonds. The van der Waals surface area contributed by atoms with E-state index in [4.69, 9.17) is 54.3 Å². The summed E-state index contributed by atoms with van der Waals surface area (Å²) in [6, 6.07) is 38.0. The Kier molecular flexibility index (Phi) is 31.7. The average Bonchev–Trinajstić information content (AvgIpc) is 1.59. The molecule has 16 heterocycles. The lowest BCUT2D eigenvalue weighted by atomic mass is 10.00. The van der Waals surface area contributed by atoms with Gasteiger partial charge in [0.05, 0.1) is 43.4 Å². The van der Waals surface area contributed by atoms with Crippen LogP contribution in [0, 0.1) is 0 Å². The van der Waals surface area contributed by atoms with Crippen molar-refractivity contribution in [2.45, 2.75) is 97.6 Å². The number of carboxylic acid groups (broad SMARTS) is 4. The Morgan fingerprint density at radius 1 is 0.440 bits per heavy atom. The van der Waals surface area contributed by atoms with E-state index < -0.39 is 40.1 Å². The second-order valence-electron chi connectivity index (χ2n) is 32.8. The Labute approximate surface area is 785 Å². The number of amides is 1. The van der Waals surface area contributed by atoms with E-state index >= 15 is 0 Å². The van der Waals surface area contributed by atoms with Crippen LogP contribution in [0.4, 0.5) is 11.4 Å². The molecule has 33 nitrogen and oxygen atoms in total. The van der Waals surface area contributed by atoms with Crippen molar-refractivity contribution in [3.05, 3.63) is 244 Å². The number of nitrogens with zero attached hydrogens (tertiary/aromatic N) is 15. The highest BCUT2D eigenvalue weighted by molar-refractivity contribution is 9.10. The smallest absolute Gasteiger partial charge is 0.290 e. The van der Waals surface area contributed by atoms with Gasteiger partial charge in [-0.2, -0.15) is 0 Å². The second kappa shape index (κ2) is 43.0. The molecule has 38 heteroatoms. The Morgan fingerprint density at radius 2 is 0.896 bits per heavy atom. The molecule has 9 aromatic heterocycles. The molecule has 0 spiro atoms. The Balaban J connectivity index is 0.000000145. The highest BCUT2D eigenvalue weighted by atomic mass is 79.9. The zero-order valence-electron chi connectivity index (χ0n) is 75.4. The molecule has 7 aliphatic heterocycles. The number of hydrogen-bond donors (Lipinski definition) is 4. The second-order valence-corrected chi connectivity index (χ2v) is 40.9. The Morgan fingerprint density at radius 3 is 1.37 bits per heavy atom. The van der Waals surface area contributed by atoms with Gasteiger partial charge in [0, 0.05) is 212 Å². The first-order valence-corrected chi connectivity index (χ1v) is 49.9. The highest BCUT2D eigenvalue weighted by Gasteiger charge is 2.34. The molecule has 0 radical (unpaired) electrons. The summed E-state index contributed by atoms with van der Waals surface area (Å²) >= 11 is 3.45. The molecule has 0 unspecified atom stereocenters. The number of benzene rings is 4. The summed E-state index contributed by atoms with van der Waals surface area (Å²) in [5.41, 5.74) is 18.3. The molecule has 20 rings (SSSR count). The number of aryl methyl sites for hydroxylation is 3. The number of aromatic nitrogens is 9. The van der Waals surface area contributed by atoms with Gasteiger partial charge in [-0.05, 0) is 223 Å². The first-order valence-electron chi connectivity index (χ1n) is 43.4. The van der Waals surface area contributed by atoms with E-state index in [0.29, 0.717) is 75.7 Å². The van der Waals surface area contributed by atoms with Crippen LogP contribution in [0.15, 0.2) is 219 Å². The molecule has 704 valence electrons. The molecule has 4 aromatic carbocycles. The van der Waals surface area contributed by atoms with Crippen LogP contribution in [0.3, 0.4) is 0 Å². The summed E-state index contributed by atoms with van der Waals surface area (Å²) in [6.07, 6.45) is 28.9. The van der Waals surface area contributed by atoms with Crippen molar-refractivity contribution in [1.82, 2.24) is 60.0 Å². The maximum Gasteiger partial charge on any atom is 0.290 e. The molecule has 4 N–H and O–H groups in total. The number of anilines is 2. The molecule has 1 saturated heterocycles. The maximum absolute atomic E-state index is 13.8. The van der Waals surface area contributed by atoms with E-state index in [1.807, 2.05) is 93.3 Å². The van der Waals surface area contributed by atoms with Crippen molar-refractivity contribution < 1.29 is 82.8 Å².